The molecule has 0 aliphatic rings. The molecule has 3 heteroatoms. The number of benzene rings is 3. The van der Waals surface area contributed by atoms with Gasteiger partial charge in [0.15, 0.2) is 0 Å². The Kier molecular flexibility index (Phi) is 5.30. The highest BCUT2D eigenvalue weighted by Gasteiger charge is 2.30. The van der Waals surface area contributed by atoms with E-state index in [2.05, 4.69) is 110 Å². The van der Waals surface area contributed by atoms with E-state index in [0.29, 0.717) is 0 Å². The molecule has 0 saturated carbocycles. The highest BCUT2D eigenvalue weighted by Crippen LogP contribution is 2.50. The maximum absolute atomic E-state index is 6.37. The molecule has 3 aromatic carbocycles. The van der Waals surface area contributed by atoms with Crippen molar-refractivity contribution in [2.75, 3.05) is 7.05 Å². The number of nitrogens with zero attached hydrogens (tertiary/aromatic N) is 1. The smallest absolute Gasteiger partial charge is 0.0712 e. The average molecular weight is 351 g/mol. The molecule has 3 rings (SSSR count). The highest BCUT2D eigenvalue weighted by atomic mass is 32.4. The topological polar surface area (TPSA) is 3.24 Å². The summed E-state index contributed by atoms with van der Waals surface area (Å²) in [6.45, 7) is 2.24. The van der Waals surface area contributed by atoms with Crippen LogP contribution in [0.25, 0.3) is 0 Å². The molecule has 0 N–H and O–H groups in total. The molecule has 122 valence electrons. The third kappa shape index (κ3) is 3.23. The normalized spacial score (nSPS) is 13.0. The van der Waals surface area contributed by atoms with Crippen LogP contribution in [0.15, 0.2) is 91.0 Å². The summed E-state index contributed by atoms with van der Waals surface area (Å²) in [7, 11) is 2.17. The van der Waals surface area contributed by atoms with Crippen LogP contribution in [0.4, 0.5) is 0 Å². The number of hydrogen-bond donors (Lipinski definition) is 0. The van der Waals surface area contributed by atoms with Crippen molar-refractivity contribution in [2.45, 2.75) is 13.0 Å². The maximum Gasteiger partial charge on any atom is 0.0712 e. The highest BCUT2D eigenvalue weighted by molar-refractivity contribution is 8.20. The SMILES string of the molecule is C[C@@H](c1ccccc1)N(C)P(=S)(c1ccccc1)c1ccccc1. The van der Waals surface area contributed by atoms with Gasteiger partial charge in [0.25, 0.3) is 0 Å². The molecule has 0 amide bonds. The van der Waals surface area contributed by atoms with Crippen LogP contribution in [0.3, 0.4) is 0 Å². The molecule has 0 fully saturated rings. The van der Waals surface area contributed by atoms with E-state index < -0.39 is 6.19 Å². The van der Waals surface area contributed by atoms with Crippen LogP contribution in [-0.2, 0) is 11.8 Å². The molecule has 3 aromatic rings. The zero-order valence-electron chi connectivity index (χ0n) is 14.0. The minimum absolute atomic E-state index is 0.248. The van der Waals surface area contributed by atoms with Crippen LogP contribution in [0.1, 0.15) is 18.5 Å². The molecule has 0 aromatic heterocycles. The Morgan fingerprint density at radius 2 is 1.08 bits per heavy atom. The fourth-order valence-electron chi connectivity index (χ4n) is 2.96. The molecular weight excluding hydrogens is 329 g/mol. The van der Waals surface area contributed by atoms with Gasteiger partial charge in [0.1, 0.15) is 0 Å². The van der Waals surface area contributed by atoms with Gasteiger partial charge in [-0.3, -0.25) is 4.67 Å². The lowest BCUT2D eigenvalue weighted by Gasteiger charge is -2.37. The molecule has 0 saturated heterocycles. The largest absolute Gasteiger partial charge is 0.264 e. The van der Waals surface area contributed by atoms with E-state index in [0.717, 1.165) is 0 Å². The van der Waals surface area contributed by atoms with E-state index in [4.69, 9.17) is 11.8 Å². The van der Waals surface area contributed by atoms with Gasteiger partial charge in [0.2, 0.25) is 0 Å². The summed E-state index contributed by atoms with van der Waals surface area (Å²) < 4.78 is 2.39. The van der Waals surface area contributed by atoms with E-state index in [-0.39, 0.29) is 6.04 Å². The van der Waals surface area contributed by atoms with Crippen molar-refractivity contribution in [3.8, 4) is 0 Å². The van der Waals surface area contributed by atoms with Crippen molar-refractivity contribution in [1.82, 2.24) is 4.67 Å². The van der Waals surface area contributed by atoms with E-state index in [1.165, 1.54) is 16.2 Å². The molecule has 0 heterocycles. The van der Waals surface area contributed by atoms with Crippen LogP contribution < -0.4 is 10.6 Å². The summed E-state index contributed by atoms with van der Waals surface area (Å²) >= 11 is 6.37. The van der Waals surface area contributed by atoms with Gasteiger partial charge in [-0.25, -0.2) is 0 Å². The van der Waals surface area contributed by atoms with Crippen molar-refractivity contribution in [2.24, 2.45) is 0 Å². The second-order valence-electron chi connectivity index (χ2n) is 5.91. The second-order valence-corrected chi connectivity index (χ2v) is 10.3. The fraction of sp³-hybridized carbons (Fsp3) is 0.143. The van der Waals surface area contributed by atoms with Gasteiger partial charge in [-0.15, -0.1) is 0 Å². The van der Waals surface area contributed by atoms with Gasteiger partial charge in [0, 0.05) is 16.7 Å². The molecule has 0 aliphatic carbocycles. The fourth-order valence-corrected chi connectivity index (χ4v) is 6.92. The summed E-state index contributed by atoms with van der Waals surface area (Å²) in [5.74, 6) is 0. The van der Waals surface area contributed by atoms with Gasteiger partial charge in [0.05, 0.1) is 6.19 Å². The van der Waals surface area contributed by atoms with Gasteiger partial charge in [-0.05, 0) is 19.5 Å². The first-order chi connectivity index (χ1) is 11.6. The van der Waals surface area contributed by atoms with Crippen LogP contribution in [0, 0.1) is 0 Å². The lowest BCUT2D eigenvalue weighted by Crippen LogP contribution is -2.31. The molecule has 24 heavy (non-hydrogen) atoms. The van der Waals surface area contributed by atoms with Crippen molar-refractivity contribution >= 4 is 28.6 Å². The Hall–Kier alpha value is -1.73. The predicted molar refractivity (Wildman–Crippen MR) is 109 cm³/mol. The minimum atomic E-state index is -2.07. The summed E-state index contributed by atoms with van der Waals surface area (Å²) in [5, 5.41) is 2.47. The van der Waals surface area contributed by atoms with Crippen LogP contribution in [-0.4, -0.2) is 11.7 Å². The molecule has 0 radical (unpaired) electrons. The van der Waals surface area contributed by atoms with E-state index in [9.17, 15) is 0 Å². The van der Waals surface area contributed by atoms with E-state index in [1.807, 2.05) is 0 Å². The zero-order chi connectivity index (χ0) is 17.0. The monoisotopic (exact) mass is 351 g/mol. The van der Waals surface area contributed by atoms with Crippen LogP contribution >= 0.6 is 6.19 Å². The average Bonchev–Trinajstić information content (AvgIpc) is 2.68. The molecule has 1 nitrogen and oxygen atoms in total. The molecular formula is C21H22NPS. The van der Waals surface area contributed by atoms with Gasteiger partial charge in [-0.2, -0.15) is 0 Å². The van der Waals surface area contributed by atoms with Gasteiger partial charge >= 0.3 is 0 Å². The molecule has 0 bridgehead atoms. The van der Waals surface area contributed by atoms with Crippen molar-refractivity contribution < 1.29 is 0 Å². The number of hydrogen-bond acceptors (Lipinski definition) is 1. The molecule has 0 unspecified atom stereocenters. The minimum Gasteiger partial charge on any atom is -0.264 e. The Labute approximate surface area is 150 Å². The van der Waals surface area contributed by atoms with Crippen LogP contribution in [0.5, 0.6) is 0 Å². The lowest BCUT2D eigenvalue weighted by molar-refractivity contribution is 0.443. The quantitative estimate of drug-likeness (QED) is 0.612. The summed E-state index contributed by atoms with van der Waals surface area (Å²) in [5.41, 5.74) is 1.29. The maximum atomic E-state index is 6.37. The first-order valence-corrected chi connectivity index (χ1v) is 10.9. The lowest BCUT2D eigenvalue weighted by atomic mass is 10.1. The predicted octanol–water partition coefficient (Wildman–Crippen LogP) is 4.72. The van der Waals surface area contributed by atoms with Crippen LogP contribution in [0.2, 0.25) is 0 Å². The summed E-state index contributed by atoms with van der Waals surface area (Å²) in [4.78, 5) is 0. The molecule has 0 aliphatic heterocycles. The molecule has 1 atom stereocenters. The van der Waals surface area contributed by atoms with Crippen molar-refractivity contribution in [1.29, 1.82) is 0 Å². The van der Waals surface area contributed by atoms with Crippen molar-refractivity contribution in [3.05, 3.63) is 96.6 Å². The van der Waals surface area contributed by atoms with Gasteiger partial charge < -0.3 is 0 Å². The first kappa shape index (κ1) is 17.1. The Bertz CT molecular complexity index is 775. The summed E-state index contributed by atoms with van der Waals surface area (Å²) in [6.07, 6.45) is -2.07. The Morgan fingerprint density at radius 3 is 1.50 bits per heavy atom. The Balaban J connectivity index is 2.11. The number of rotatable bonds is 5. The van der Waals surface area contributed by atoms with E-state index >= 15 is 0 Å². The first-order valence-electron chi connectivity index (χ1n) is 8.13. The zero-order valence-corrected chi connectivity index (χ0v) is 15.8. The standard InChI is InChI=1S/C21H22NPS/c1-18(19-12-6-3-7-13-19)22(2)23(24,20-14-8-4-9-15-20)21-16-10-5-11-17-21/h3-18H,1-2H3/t18-/m0/s1. The second kappa shape index (κ2) is 7.44. The van der Waals surface area contributed by atoms with Gasteiger partial charge in [-0.1, -0.05) is 103 Å². The molecule has 0 spiro atoms. The van der Waals surface area contributed by atoms with E-state index in [1.54, 1.807) is 0 Å². The third-order valence-corrected chi connectivity index (χ3v) is 9.77. The third-order valence-electron chi connectivity index (χ3n) is 4.50. The summed E-state index contributed by atoms with van der Waals surface area (Å²) in [6, 6.07) is 32.0. The van der Waals surface area contributed by atoms with Crippen molar-refractivity contribution in [3.63, 3.8) is 0 Å². The Morgan fingerprint density at radius 1 is 0.708 bits per heavy atom.